The van der Waals surface area contributed by atoms with Gasteiger partial charge < -0.3 is 15.0 Å². The fourth-order valence-electron chi connectivity index (χ4n) is 1.64. The summed E-state index contributed by atoms with van der Waals surface area (Å²) in [4.78, 5) is 7.39. The second kappa shape index (κ2) is 6.28. The van der Waals surface area contributed by atoms with Gasteiger partial charge in [0, 0.05) is 19.2 Å². The molecule has 2 aromatic rings. The lowest BCUT2D eigenvalue weighted by atomic mass is 10.2. The maximum atomic E-state index is 13.1. The van der Waals surface area contributed by atoms with E-state index in [1.54, 1.807) is 19.4 Å². The monoisotopic (exact) mass is 249 g/mol. The smallest absolute Gasteiger partial charge is 0.123 e. The van der Waals surface area contributed by atoms with Crippen LogP contribution < -0.4 is 5.32 Å². The molecule has 0 aliphatic rings. The van der Waals surface area contributed by atoms with Gasteiger partial charge in [-0.1, -0.05) is 12.1 Å². The molecule has 5 heteroatoms. The van der Waals surface area contributed by atoms with E-state index in [9.17, 15) is 4.39 Å². The van der Waals surface area contributed by atoms with Crippen LogP contribution in [0.5, 0.6) is 0 Å². The third-order valence-corrected chi connectivity index (χ3v) is 2.54. The Kier molecular flexibility index (Phi) is 4.44. The van der Waals surface area contributed by atoms with Gasteiger partial charge >= 0.3 is 0 Å². The van der Waals surface area contributed by atoms with Crippen molar-refractivity contribution in [3.63, 3.8) is 0 Å². The summed E-state index contributed by atoms with van der Waals surface area (Å²) in [6.07, 6.45) is 1.71. The molecule has 96 valence electrons. The van der Waals surface area contributed by atoms with E-state index in [1.165, 1.54) is 12.1 Å². The number of ether oxygens (including phenoxy) is 1. The fraction of sp³-hybridized carbons (Fsp3) is 0.308. The summed E-state index contributed by atoms with van der Waals surface area (Å²) in [5.74, 6) is 0.576. The molecule has 0 radical (unpaired) electrons. The number of rotatable bonds is 6. The van der Waals surface area contributed by atoms with Crippen molar-refractivity contribution >= 4 is 0 Å². The molecule has 0 aliphatic heterocycles. The Hall–Kier alpha value is -1.72. The van der Waals surface area contributed by atoms with Gasteiger partial charge in [0.05, 0.1) is 25.0 Å². The van der Waals surface area contributed by atoms with Gasteiger partial charge in [0.1, 0.15) is 11.6 Å². The zero-order valence-electron chi connectivity index (χ0n) is 10.2. The van der Waals surface area contributed by atoms with Crippen LogP contribution in [-0.2, 0) is 11.3 Å². The standard InChI is InChI=1S/C13H16FN3O/c1-18-6-5-15-9-13-16-8-12(17-13)10-3-2-4-11(14)7-10/h2-4,7-8,15H,5-6,9H2,1H3,(H,16,17). The molecule has 1 heterocycles. The lowest BCUT2D eigenvalue weighted by Crippen LogP contribution is -2.19. The number of benzene rings is 1. The van der Waals surface area contributed by atoms with E-state index in [-0.39, 0.29) is 5.82 Å². The third kappa shape index (κ3) is 3.38. The highest BCUT2D eigenvalue weighted by Gasteiger charge is 2.03. The molecule has 0 amide bonds. The predicted octanol–water partition coefficient (Wildman–Crippen LogP) is 1.95. The van der Waals surface area contributed by atoms with Crippen molar-refractivity contribution in [2.24, 2.45) is 0 Å². The van der Waals surface area contributed by atoms with E-state index >= 15 is 0 Å². The van der Waals surface area contributed by atoms with Crippen LogP contribution in [0.3, 0.4) is 0 Å². The maximum Gasteiger partial charge on any atom is 0.123 e. The van der Waals surface area contributed by atoms with Crippen molar-refractivity contribution in [3.8, 4) is 11.3 Å². The zero-order chi connectivity index (χ0) is 12.8. The first kappa shape index (κ1) is 12.7. The molecular formula is C13H16FN3O. The number of H-pyrrole nitrogens is 1. The molecule has 1 aromatic carbocycles. The van der Waals surface area contributed by atoms with Gasteiger partial charge in [-0.2, -0.15) is 0 Å². The van der Waals surface area contributed by atoms with Crippen molar-refractivity contribution in [2.75, 3.05) is 20.3 Å². The molecule has 0 saturated heterocycles. The second-order valence-electron chi connectivity index (χ2n) is 3.92. The molecule has 4 nitrogen and oxygen atoms in total. The Balaban J connectivity index is 1.97. The summed E-state index contributed by atoms with van der Waals surface area (Å²) in [5, 5.41) is 3.19. The lowest BCUT2D eigenvalue weighted by molar-refractivity contribution is 0.199. The SMILES string of the molecule is COCCNCc1ncc(-c2cccc(F)c2)[nH]1. The quantitative estimate of drug-likeness (QED) is 0.769. The zero-order valence-corrected chi connectivity index (χ0v) is 10.2. The van der Waals surface area contributed by atoms with Crippen molar-refractivity contribution < 1.29 is 9.13 Å². The largest absolute Gasteiger partial charge is 0.383 e. The number of imidazole rings is 1. The topological polar surface area (TPSA) is 49.9 Å². The Bertz CT molecular complexity index is 498. The number of methoxy groups -OCH3 is 1. The first-order chi connectivity index (χ1) is 8.79. The second-order valence-corrected chi connectivity index (χ2v) is 3.92. The molecule has 0 bridgehead atoms. The van der Waals surface area contributed by atoms with Crippen molar-refractivity contribution in [3.05, 3.63) is 42.1 Å². The number of nitrogens with zero attached hydrogens (tertiary/aromatic N) is 1. The fourth-order valence-corrected chi connectivity index (χ4v) is 1.64. The van der Waals surface area contributed by atoms with Gasteiger partial charge in [-0.15, -0.1) is 0 Å². The number of aromatic amines is 1. The van der Waals surface area contributed by atoms with Gasteiger partial charge in [-0.05, 0) is 12.1 Å². The van der Waals surface area contributed by atoms with E-state index in [1.807, 2.05) is 6.07 Å². The van der Waals surface area contributed by atoms with Crippen LogP contribution in [-0.4, -0.2) is 30.2 Å². The lowest BCUT2D eigenvalue weighted by Gasteiger charge is -2.01. The molecule has 2 N–H and O–H groups in total. The average molecular weight is 249 g/mol. The van der Waals surface area contributed by atoms with E-state index in [0.29, 0.717) is 13.2 Å². The van der Waals surface area contributed by atoms with E-state index < -0.39 is 0 Å². The van der Waals surface area contributed by atoms with Gasteiger partial charge in [-0.3, -0.25) is 0 Å². The van der Waals surface area contributed by atoms with E-state index in [4.69, 9.17) is 4.74 Å². The molecular weight excluding hydrogens is 233 g/mol. The van der Waals surface area contributed by atoms with Crippen LogP contribution in [0.25, 0.3) is 11.3 Å². The minimum atomic E-state index is -0.248. The molecule has 0 atom stereocenters. The van der Waals surface area contributed by atoms with Gasteiger partial charge in [0.15, 0.2) is 0 Å². The van der Waals surface area contributed by atoms with Gasteiger partial charge in [0.25, 0.3) is 0 Å². The molecule has 0 saturated carbocycles. The van der Waals surface area contributed by atoms with Crippen LogP contribution in [0, 0.1) is 5.82 Å². The normalized spacial score (nSPS) is 10.8. The van der Waals surface area contributed by atoms with Crippen molar-refractivity contribution in [1.82, 2.24) is 15.3 Å². The highest BCUT2D eigenvalue weighted by atomic mass is 19.1. The minimum absolute atomic E-state index is 0.248. The van der Waals surface area contributed by atoms with Gasteiger partial charge in [0.2, 0.25) is 0 Å². The number of halogens is 1. The molecule has 0 spiro atoms. The Labute approximate surface area is 105 Å². The Morgan fingerprint density at radius 3 is 3.11 bits per heavy atom. The molecule has 18 heavy (non-hydrogen) atoms. The van der Waals surface area contributed by atoms with Crippen LogP contribution in [0.1, 0.15) is 5.82 Å². The number of aromatic nitrogens is 2. The first-order valence-electron chi connectivity index (χ1n) is 5.79. The van der Waals surface area contributed by atoms with Crippen LogP contribution >= 0.6 is 0 Å². The highest BCUT2D eigenvalue weighted by Crippen LogP contribution is 2.17. The molecule has 0 aliphatic carbocycles. The minimum Gasteiger partial charge on any atom is -0.383 e. The highest BCUT2D eigenvalue weighted by molar-refractivity contribution is 5.58. The summed E-state index contributed by atoms with van der Waals surface area (Å²) < 4.78 is 18.0. The van der Waals surface area contributed by atoms with Crippen LogP contribution in [0.4, 0.5) is 4.39 Å². The summed E-state index contributed by atoms with van der Waals surface area (Å²) in [6, 6.07) is 6.43. The first-order valence-corrected chi connectivity index (χ1v) is 5.79. The Morgan fingerprint density at radius 1 is 1.44 bits per heavy atom. The number of nitrogens with one attached hydrogen (secondary N) is 2. The maximum absolute atomic E-state index is 13.1. The average Bonchev–Trinajstić information content (AvgIpc) is 2.83. The summed E-state index contributed by atoms with van der Waals surface area (Å²) in [7, 11) is 1.66. The number of hydrogen-bond acceptors (Lipinski definition) is 3. The van der Waals surface area contributed by atoms with Crippen molar-refractivity contribution in [2.45, 2.75) is 6.54 Å². The summed E-state index contributed by atoms with van der Waals surface area (Å²) in [6.45, 7) is 2.07. The summed E-state index contributed by atoms with van der Waals surface area (Å²) in [5.41, 5.74) is 1.61. The van der Waals surface area contributed by atoms with Crippen LogP contribution in [0.2, 0.25) is 0 Å². The van der Waals surface area contributed by atoms with E-state index in [0.717, 1.165) is 23.6 Å². The van der Waals surface area contributed by atoms with Gasteiger partial charge in [-0.25, -0.2) is 9.37 Å². The molecule has 1 aromatic heterocycles. The number of hydrogen-bond donors (Lipinski definition) is 2. The predicted molar refractivity (Wildman–Crippen MR) is 67.6 cm³/mol. The van der Waals surface area contributed by atoms with E-state index in [2.05, 4.69) is 15.3 Å². The van der Waals surface area contributed by atoms with Crippen molar-refractivity contribution in [1.29, 1.82) is 0 Å². The Morgan fingerprint density at radius 2 is 2.33 bits per heavy atom. The summed E-state index contributed by atoms with van der Waals surface area (Å²) >= 11 is 0. The van der Waals surface area contributed by atoms with Crippen LogP contribution in [0.15, 0.2) is 30.5 Å². The molecule has 2 rings (SSSR count). The molecule has 0 fully saturated rings. The molecule has 0 unspecified atom stereocenters. The third-order valence-electron chi connectivity index (χ3n) is 2.54.